The second-order valence-corrected chi connectivity index (χ2v) is 19.5. The number of quaternary nitrogens is 1. The zero-order valence-corrected chi connectivity index (χ0v) is 45.8. The first-order valence-corrected chi connectivity index (χ1v) is 28.0. The number of esters is 2. The van der Waals surface area contributed by atoms with Gasteiger partial charge in [-0.2, -0.15) is 0 Å². The molecule has 0 aliphatic rings. The highest BCUT2D eigenvalue weighted by Gasteiger charge is 2.22. The minimum atomic E-state index is -1.63. The highest BCUT2D eigenvalue weighted by atomic mass is 16.7. The van der Waals surface area contributed by atoms with Gasteiger partial charge in [-0.05, 0) is 83.5 Å². The molecule has 71 heavy (non-hydrogen) atoms. The first-order valence-electron chi connectivity index (χ1n) is 28.0. The van der Waals surface area contributed by atoms with Crippen LogP contribution in [0.25, 0.3) is 0 Å². The molecular weight excluding hydrogens is 887 g/mol. The number of ether oxygens (including phenoxy) is 4. The summed E-state index contributed by atoms with van der Waals surface area (Å²) in [5, 5.41) is 11.7. The van der Waals surface area contributed by atoms with Gasteiger partial charge in [-0.3, -0.25) is 9.59 Å². The van der Waals surface area contributed by atoms with Crippen LogP contribution in [0.3, 0.4) is 0 Å². The van der Waals surface area contributed by atoms with Crippen molar-refractivity contribution in [1.29, 1.82) is 0 Å². The largest absolute Gasteiger partial charge is 0.545 e. The summed E-state index contributed by atoms with van der Waals surface area (Å²) in [6.45, 7) is 4.59. The van der Waals surface area contributed by atoms with Gasteiger partial charge in [0.2, 0.25) is 0 Å². The summed E-state index contributed by atoms with van der Waals surface area (Å²) < 4.78 is 22.6. The van der Waals surface area contributed by atoms with Gasteiger partial charge in [0.05, 0.1) is 40.3 Å². The van der Waals surface area contributed by atoms with Gasteiger partial charge >= 0.3 is 11.9 Å². The number of hydrogen-bond acceptors (Lipinski definition) is 8. The Morgan fingerprint density at radius 3 is 1.20 bits per heavy atom. The number of nitrogens with zero attached hydrogens (tertiary/aromatic N) is 1. The van der Waals surface area contributed by atoms with E-state index in [4.69, 9.17) is 18.9 Å². The van der Waals surface area contributed by atoms with Crippen LogP contribution in [0.2, 0.25) is 0 Å². The average molecular weight is 991 g/mol. The highest BCUT2D eigenvalue weighted by Crippen LogP contribution is 2.14. The van der Waals surface area contributed by atoms with Crippen molar-refractivity contribution >= 4 is 17.9 Å². The number of carbonyl (C=O) groups excluding carboxylic acids is 3. The molecule has 2 unspecified atom stereocenters. The maximum absolute atomic E-state index is 12.8. The maximum Gasteiger partial charge on any atom is 0.306 e. The standard InChI is InChI=1S/C62H103NO8/c1-6-8-10-12-14-16-18-20-21-22-23-24-25-26-27-28-29-30-31-32-33-34-35-36-37-38-39-41-43-45-47-49-51-53-60(65)71-58(57-70-62(61(66)67)68-55-54-63(3,4)5)56-69-59(64)52-50-48-46-44-42-40-19-17-15-13-11-9-7-2/h8,10,14,16,20-21,23-24,26-27,29-30,32-33,35-36,38-39,58,62H,6-7,9,11-13,15,17-19,22,25,28,31,34,37,40-57H2,1-5H3/b10-8-,16-14-,21-20-,24-23-,27-26-,30-29-,33-32-,36-35-,39-38-. The SMILES string of the molecule is CC/C=C\C/C=C\C/C=C\C/C=C\C/C=C\C/C=C\C/C=C\C/C=C\C/C=C\CCCCCCCC(=O)OC(COC(=O)CCCCCCCCCCCCCCC)COC(OCC[N+](C)(C)C)C(=O)[O-]. The number of rotatable bonds is 50. The van der Waals surface area contributed by atoms with Crippen molar-refractivity contribution in [2.75, 3.05) is 47.5 Å². The molecule has 0 aliphatic heterocycles. The van der Waals surface area contributed by atoms with Crippen LogP contribution in [-0.2, 0) is 33.3 Å². The monoisotopic (exact) mass is 990 g/mol. The van der Waals surface area contributed by atoms with E-state index in [-0.39, 0.29) is 38.6 Å². The molecule has 0 aromatic heterocycles. The van der Waals surface area contributed by atoms with E-state index in [2.05, 4.69) is 123 Å². The van der Waals surface area contributed by atoms with E-state index < -0.39 is 24.3 Å². The van der Waals surface area contributed by atoms with Gasteiger partial charge in [0.1, 0.15) is 13.2 Å². The Labute approximate surface area is 434 Å². The number of carboxylic acids is 1. The smallest absolute Gasteiger partial charge is 0.306 e. The lowest BCUT2D eigenvalue weighted by molar-refractivity contribution is -0.870. The minimum Gasteiger partial charge on any atom is -0.545 e. The third kappa shape index (κ3) is 53.6. The van der Waals surface area contributed by atoms with Crippen molar-refractivity contribution in [2.45, 2.75) is 219 Å². The molecule has 0 saturated carbocycles. The predicted octanol–water partition coefficient (Wildman–Crippen LogP) is 15.0. The van der Waals surface area contributed by atoms with Crippen molar-refractivity contribution in [1.82, 2.24) is 0 Å². The molecule has 0 aliphatic carbocycles. The molecule has 0 radical (unpaired) electrons. The number of hydrogen-bond donors (Lipinski definition) is 0. The lowest BCUT2D eigenvalue weighted by Gasteiger charge is -2.26. The van der Waals surface area contributed by atoms with Crippen molar-refractivity contribution in [2.24, 2.45) is 0 Å². The third-order valence-electron chi connectivity index (χ3n) is 11.5. The zero-order chi connectivity index (χ0) is 52.0. The second-order valence-electron chi connectivity index (χ2n) is 19.5. The number of aliphatic carboxylic acids is 1. The average Bonchev–Trinajstić information content (AvgIpc) is 3.34. The van der Waals surface area contributed by atoms with Gasteiger partial charge in [0.15, 0.2) is 12.4 Å². The van der Waals surface area contributed by atoms with Crippen LogP contribution in [0, 0.1) is 0 Å². The Bertz CT molecular complexity index is 1530. The van der Waals surface area contributed by atoms with E-state index in [0.29, 0.717) is 17.4 Å². The van der Waals surface area contributed by atoms with Gasteiger partial charge in [0, 0.05) is 12.8 Å². The summed E-state index contributed by atoms with van der Waals surface area (Å²) in [7, 11) is 5.90. The Hall–Kier alpha value is -4.05. The summed E-state index contributed by atoms with van der Waals surface area (Å²) in [6, 6.07) is 0. The molecule has 0 saturated heterocycles. The molecule has 0 spiro atoms. The molecule has 0 rings (SSSR count). The van der Waals surface area contributed by atoms with Gasteiger partial charge in [-0.25, -0.2) is 0 Å². The van der Waals surface area contributed by atoms with Crippen LogP contribution in [0.4, 0.5) is 0 Å². The number of carboxylic acid groups (broad SMARTS) is 1. The summed E-state index contributed by atoms with van der Waals surface area (Å²) in [6.07, 6.45) is 68.5. The number of likely N-dealkylation sites (N-methyl/N-ethyl adjacent to an activating group) is 1. The lowest BCUT2D eigenvalue weighted by atomic mass is 10.0. The zero-order valence-electron chi connectivity index (χ0n) is 45.8. The topological polar surface area (TPSA) is 111 Å². The van der Waals surface area contributed by atoms with E-state index >= 15 is 0 Å². The van der Waals surface area contributed by atoms with Crippen molar-refractivity contribution < 1.29 is 42.9 Å². The molecule has 0 fully saturated rings. The first-order chi connectivity index (χ1) is 34.6. The van der Waals surface area contributed by atoms with E-state index in [1.807, 2.05) is 21.1 Å². The van der Waals surface area contributed by atoms with Crippen LogP contribution in [-0.4, -0.2) is 82.3 Å². The molecule has 2 atom stereocenters. The summed E-state index contributed by atoms with van der Waals surface area (Å²) in [5.74, 6) is -2.32. The Kier molecular flexibility index (Phi) is 49.3. The quantitative estimate of drug-likeness (QED) is 0.0195. The molecule has 404 valence electrons. The van der Waals surface area contributed by atoms with E-state index in [9.17, 15) is 19.5 Å². The predicted molar refractivity (Wildman–Crippen MR) is 297 cm³/mol. The van der Waals surface area contributed by atoms with Crippen LogP contribution < -0.4 is 5.11 Å². The summed E-state index contributed by atoms with van der Waals surface area (Å²) in [4.78, 5) is 37.2. The maximum atomic E-state index is 12.8. The van der Waals surface area contributed by atoms with Crippen LogP contribution >= 0.6 is 0 Å². The molecule has 9 nitrogen and oxygen atoms in total. The van der Waals surface area contributed by atoms with E-state index in [0.717, 1.165) is 109 Å². The molecule has 0 aromatic carbocycles. The van der Waals surface area contributed by atoms with Gasteiger partial charge in [-0.1, -0.05) is 220 Å². The fourth-order valence-electron chi connectivity index (χ4n) is 7.23. The normalized spacial score (nSPS) is 13.6. The number of allylic oxidation sites excluding steroid dienone is 18. The van der Waals surface area contributed by atoms with Gasteiger partial charge in [-0.15, -0.1) is 0 Å². The van der Waals surface area contributed by atoms with Crippen molar-refractivity contribution in [3.8, 4) is 0 Å². The molecular formula is C62H103NO8. The van der Waals surface area contributed by atoms with Crippen molar-refractivity contribution in [3.63, 3.8) is 0 Å². The molecule has 0 aromatic rings. The van der Waals surface area contributed by atoms with Crippen LogP contribution in [0.5, 0.6) is 0 Å². The van der Waals surface area contributed by atoms with Crippen LogP contribution in [0.1, 0.15) is 206 Å². The Morgan fingerprint density at radius 2 is 0.803 bits per heavy atom. The first kappa shape index (κ1) is 67.0. The van der Waals surface area contributed by atoms with Crippen molar-refractivity contribution in [3.05, 3.63) is 109 Å². The fourth-order valence-corrected chi connectivity index (χ4v) is 7.23. The fraction of sp³-hybridized carbons (Fsp3) is 0.661. The van der Waals surface area contributed by atoms with Gasteiger partial charge in [0.25, 0.3) is 0 Å². The van der Waals surface area contributed by atoms with E-state index in [1.54, 1.807) is 0 Å². The number of unbranched alkanes of at least 4 members (excludes halogenated alkanes) is 17. The lowest BCUT2D eigenvalue weighted by Crippen LogP contribution is -2.44. The van der Waals surface area contributed by atoms with Gasteiger partial charge < -0.3 is 33.3 Å². The Balaban J connectivity index is 4.29. The Morgan fingerprint density at radius 1 is 0.437 bits per heavy atom. The molecule has 0 amide bonds. The van der Waals surface area contributed by atoms with E-state index in [1.165, 1.54) is 64.2 Å². The third-order valence-corrected chi connectivity index (χ3v) is 11.5. The summed E-state index contributed by atoms with van der Waals surface area (Å²) >= 11 is 0. The molecule has 9 heteroatoms. The summed E-state index contributed by atoms with van der Waals surface area (Å²) in [5.41, 5.74) is 0. The molecule has 0 bridgehead atoms. The molecule has 0 heterocycles. The number of carbonyl (C=O) groups is 3. The van der Waals surface area contributed by atoms with Crippen LogP contribution in [0.15, 0.2) is 109 Å². The second kappa shape index (κ2) is 52.3. The minimum absolute atomic E-state index is 0.139. The highest BCUT2D eigenvalue weighted by molar-refractivity contribution is 5.70. The molecule has 0 N–H and O–H groups in total.